The highest BCUT2D eigenvalue weighted by Crippen LogP contribution is 2.14. The maximum Gasteiger partial charge on any atom is 0.410 e. The molecule has 10 heteroatoms. The summed E-state index contributed by atoms with van der Waals surface area (Å²) >= 11 is 1.42. The van der Waals surface area contributed by atoms with Crippen LogP contribution >= 0.6 is 11.3 Å². The first-order valence-electron chi connectivity index (χ1n) is 8.19. The number of anilines is 1. The molecule has 0 saturated carbocycles. The fourth-order valence-corrected chi connectivity index (χ4v) is 2.92. The van der Waals surface area contributed by atoms with E-state index in [1.54, 1.807) is 24.3 Å². The summed E-state index contributed by atoms with van der Waals surface area (Å²) in [6.07, 6.45) is -0.295. The van der Waals surface area contributed by atoms with Crippen molar-refractivity contribution in [1.82, 2.24) is 10.2 Å². The number of rotatable bonds is 10. The van der Waals surface area contributed by atoms with Crippen LogP contribution in [0.25, 0.3) is 0 Å². The van der Waals surface area contributed by atoms with Crippen molar-refractivity contribution in [3.63, 3.8) is 0 Å². The molecule has 1 aromatic heterocycles. The van der Waals surface area contributed by atoms with Gasteiger partial charge in [-0.05, 0) is 29.1 Å². The molecule has 0 aliphatic heterocycles. The van der Waals surface area contributed by atoms with Crippen LogP contribution in [0.2, 0.25) is 0 Å². The first kappa shape index (κ1) is 20.9. The Labute approximate surface area is 164 Å². The van der Waals surface area contributed by atoms with Crippen LogP contribution in [0.4, 0.5) is 10.5 Å². The average Bonchev–Trinajstić information content (AvgIpc) is 3.18. The third-order valence-corrected chi connectivity index (χ3v) is 4.32. The van der Waals surface area contributed by atoms with Gasteiger partial charge in [0.05, 0.1) is 13.1 Å². The third-order valence-electron chi connectivity index (χ3n) is 3.46. The van der Waals surface area contributed by atoms with Gasteiger partial charge in [-0.25, -0.2) is 4.79 Å². The van der Waals surface area contributed by atoms with E-state index in [4.69, 9.17) is 9.84 Å². The summed E-state index contributed by atoms with van der Waals surface area (Å²) < 4.78 is 5.21. The Morgan fingerprint density at radius 3 is 2.54 bits per heavy atom. The highest BCUT2D eigenvalue weighted by molar-refractivity contribution is 7.09. The minimum absolute atomic E-state index is 0.0414. The second kappa shape index (κ2) is 10.7. The quantitative estimate of drug-likeness (QED) is 0.516. The Bertz CT molecular complexity index is 807. The van der Waals surface area contributed by atoms with Crippen molar-refractivity contribution in [3.05, 3.63) is 52.2 Å². The zero-order valence-electron chi connectivity index (χ0n) is 14.8. The number of ether oxygens (including phenoxy) is 1. The molecule has 0 saturated heterocycles. The lowest BCUT2D eigenvalue weighted by Gasteiger charge is -2.19. The number of nitrogens with one attached hydrogen (secondary N) is 2. The standard InChI is InChI=1S/C18H19N3O6S/c22-12-19-8-16(23)20-14-5-3-13(4-6-14)11-27-18(26)21(10-17(24)25)9-15-2-1-7-28-15/h1-7,12H,8-11H2,(H,19,22)(H,20,23)(H,24,25). The van der Waals surface area contributed by atoms with Gasteiger partial charge in [0.1, 0.15) is 13.2 Å². The van der Waals surface area contributed by atoms with E-state index in [-0.39, 0.29) is 25.6 Å². The number of thiophene rings is 1. The molecule has 2 rings (SSSR count). The number of carboxylic acids is 1. The largest absolute Gasteiger partial charge is 0.480 e. The van der Waals surface area contributed by atoms with E-state index in [0.29, 0.717) is 17.7 Å². The SMILES string of the molecule is O=CNCC(=O)Nc1ccc(COC(=O)N(CC(=O)O)Cc2cccs2)cc1. The Morgan fingerprint density at radius 2 is 1.93 bits per heavy atom. The van der Waals surface area contributed by atoms with Crippen molar-refractivity contribution in [2.75, 3.05) is 18.4 Å². The van der Waals surface area contributed by atoms with Crippen molar-refractivity contribution in [2.24, 2.45) is 0 Å². The Morgan fingerprint density at radius 1 is 1.18 bits per heavy atom. The fraction of sp³-hybridized carbons (Fsp3) is 0.222. The number of hydrogen-bond acceptors (Lipinski definition) is 6. The van der Waals surface area contributed by atoms with Crippen LogP contribution in [0.3, 0.4) is 0 Å². The maximum atomic E-state index is 12.2. The lowest BCUT2D eigenvalue weighted by Crippen LogP contribution is -2.35. The van der Waals surface area contributed by atoms with Crippen molar-refractivity contribution in [3.8, 4) is 0 Å². The fourth-order valence-electron chi connectivity index (χ4n) is 2.20. The highest BCUT2D eigenvalue weighted by atomic mass is 32.1. The van der Waals surface area contributed by atoms with Crippen LogP contribution in [0, 0.1) is 0 Å². The van der Waals surface area contributed by atoms with Crippen LogP contribution in [0.5, 0.6) is 0 Å². The Balaban J connectivity index is 1.88. The molecule has 9 nitrogen and oxygen atoms in total. The van der Waals surface area contributed by atoms with Gasteiger partial charge in [0.15, 0.2) is 0 Å². The first-order chi connectivity index (χ1) is 13.5. The normalized spacial score (nSPS) is 10.0. The predicted octanol–water partition coefficient (Wildman–Crippen LogP) is 1.66. The number of carbonyl (C=O) groups is 4. The molecule has 0 spiro atoms. The number of nitrogens with zero attached hydrogens (tertiary/aromatic N) is 1. The number of hydrogen-bond donors (Lipinski definition) is 3. The molecule has 28 heavy (non-hydrogen) atoms. The molecule has 0 unspecified atom stereocenters. The molecular weight excluding hydrogens is 386 g/mol. The van der Waals surface area contributed by atoms with Crippen molar-refractivity contribution in [2.45, 2.75) is 13.2 Å². The molecule has 0 fully saturated rings. The number of carbonyl (C=O) groups excluding carboxylic acids is 3. The molecule has 1 aromatic carbocycles. The molecular formula is C18H19N3O6S. The highest BCUT2D eigenvalue weighted by Gasteiger charge is 2.19. The first-order valence-corrected chi connectivity index (χ1v) is 9.07. The van der Waals surface area contributed by atoms with Gasteiger partial charge in [0.2, 0.25) is 12.3 Å². The summed E-state index contributed by atoms with van der Waals surface area (Å²) in [5.74, 6) is -1.50. The summed E-state index contributed by atoms with van der Waals surface area (Å²) in [7, 11) is 0. The zero-order chi connectivity index (χ0) is 20.4. The average molecular weight is 405 g/mol. The number of carboxylic acid groups (broad SMARTS) is 1. The van der Waals surface area contributed by atoms with E-state index in [2.05, 4.69) is 10.6 Å². The van der Waals surface area contributed by atoms with E-state index in [1.165, 1.54) is 11.3 Å². The van der Waals surface area contributed by atoms with Crippen molar-refractivity contribution < 1.29 is 29.0 Å². The van der Waals surface area contributed by atoms with E-state index in [1.807, 2.05) is 17.5 Å². The topological polar surface area (TPSA) is 125 Å². The van der Waals surface area contributed by atoms with Gasteiger partial charge in [-0.1, -0.05) is 18.2 Å². The number of aliphatic carboxylic acids is 1. The molecule has 148 valence electrons. The molecule has 0 radical (unpaired) electrons. The van der Waals surface area contributed by atoms with Gasteiger partial charge in [-0.3, -0.25) is 19.3 Å². The van der Waals surface area contributed by atoms with Crippen LogP contribution in [0.15, 0.2) is 41.8 Å². The zero-order valence-corrected chi connectivity index (χ0v) is 15.6. The Kier molecular flexibility index (Phi) is 7.97. The predicted molar refractivity (Wildman–Crippen MR) is 102 cm³/mol. The van der Waals surface area contributed by atoms with Gasteiger partial charge >= 0.3 is 12.1 Å². The molecule has 3 amide bonds. The van der Waals surface area contributed by atoms with E-state index in [0.717, 1.165) is 9.78 Å². The van der Waals surface area contributed by atoms with E-state index in [9.17, 15) is 19.2 Å². The molecule has 0 atom stereocenters. The number of benzene rings is 1. The Hall–Kier alpha value is -3.40. The molecule has 2 aromatic rings. The summed E-state index contributed by atoms with van der Waals surface area (Å²) in [5.41, 5.74) is 1.20. The van der Waals surface area contributed by atoms with Crippen molar-refractivity contribution >= 4 is 41.4 Å². The van der Waals surface area contributed by atoms with Crippen molar-refractivity contribution in [1.29, 1.82) is 0 Å². The third kappa shape index (κ3) is 7.08. The van der Waals surface area contributed by atoms with Gasteiger partial charge in [0, 0.05) is 10.6 Å². The van der Waals surface area contributed by atoms with E-state index < -0.39 is 18.6 Å². The van der Waals surface area contributed by atoms with E-state index >= 15 is 0 Å². The summed E-state index contributed by atoms with van der Waals surface area (Å²) in [5, 5.41) is 15.7. The van der Waals surface area contributed by atoms with Crippen LogP contribution in [0.1, 0.15) is 10.4 Å². The molecule has 0 aliphatic rings. The van der Waals surface area contributed by atoms with Gasteiger partial charge in [-0.2, -0.15) is 0 Å². The molecule has 3 N–H and O–H groups in total. The van der Waals surface area contributed by atoms with Gasteiger partial charge in [-0.15, -0.1) is 11.3 Å². The molecule has 1 heterocycles. The lowest BCUT2D eigenvalue weighted by atomic mass is 10.2. The minimum atomic E-state index is -1.13. The maximum absolute atomic E-state index is 12.2. The van der Waals surface area contributed by atoms with Crippen LogP contribution in [-0.2, 0) is 32.3 Å². The second-order valence-electron chi connectivity index (χ2n) is 5.63. The lowest BCUT2D eigenvalue weighted by molar-refractivity contribution is -0.138. The van der Waals surface area contributed by atoms with Crippen LogP contribution in [-0.4, -0.2) is 47.5 Å². The van der Waals surface area contributed by atoms with Crippen LogP contribution < -0.4 is 10.6 Å². The summed E-state index contributed by atoms with van der Waals surface area (Å²) in [6, 6.07) is 10.2. The van der Waals surface area contributed by atoms with Gasteiger partial charge in [0.25, 0.3) is 0 Å². The molecule has 0 aliphatic carbocycles. The number of amides is 3. The molecule has 0 bridgehead atoms. The second-order valence-corrected chi connectivity index (χ2v) is 6.66. The van der Waals surface area contributed by atoms with Gasteiger partial charge < -0.3 is 20.5 Å². The summed E-state index contributed by atoms with van der Waals surface area (Å²) in [6.45, 7) is -0.480. The smallest absolute Gasteiger partial charge is 0.410 e. The minimum Gasteiger partial charge on any atom is -0.480 e. The summed E-state index contributed by atoms with van der Waals surface area (Å²) in [4.78, 5) is 46.9. The monoisotopic (exact) mass is 405 g/mol.